The van der Waals surface area contributed by atoms with Gasteiger partial charge >= 0.3 is 0 Å². The number of amides is 2. The fourth-order valence-electron chi connectivity index (χ4n) is 4.78. The van der Waals surface area contributed by atoms with Crippen molar-refractivity contribution < 1.29 is 14.0 Å². The van der Waals surface area contributed by atoms with Crippen LogP contribution in [0.1, 0.15) is 67.2 Å². The lowest BCUT2D eigenvalue weighted by Gasteiger charge is -2.41. The molecule has 0 aliphatic carbocycles. The van der Waals surface area contributed by atoms with Crippen LogP contribution in [0.2, 0.25) is 0 Å². The van der Waals surface area contributed by atoms with Crippen LogP contribution in [0.5, 0.6) is 0 Å². The molecule has 3 atom stereocenters. The van der Waals surface area contributed by atoms with Crippen molar-refractivity contribution in [3.05, 3.63) is 53.1 Å². The zero-order valence-electron chi connectivity index (χ0n) is 17.1. The zero-order valence-corrected chi connectivity index (χ0v) is 17.1. The number of H-pyrrole nitrogens is 1. The second kappa shape index (κ2) is 7.61. The molecule has 1 N–H and O–H groups in total. The first-order chi connectivity index (χ1) is 13.9. The largest absolute Gasteiger partial charge is 0.337 e. The van der Waals surface area contributed by atoms with Crippen molar-refractivity contribution in [3.63, 3.8) is 0 Å². The highest BCUT2D eigenvalue weighted by Crippen LogP contribution is 2.40. The first-order valence-electron chi connectivity index (χ1n) is 10.3. The van der Waals surface area contributed by atoms with Gasteiger partial charge in [0.15, 0.2) is 0 Å². The molecular weight excluding hydrogens is 371 g/mol. The Hall–Kier alpha value is -2.70. The number of carbonyl (C=O) groups is 2. The molecule has 2 aliphatic rings. The molecule has 2 saturated heterocycles. The highest BCUT2D eigenvalue weighted by molar-refractivity contribution is 5.93. The molecule has 7 heteroatoms. The van der Waals surface area contributed by atoms with Crippen LogP contribution in [0.3, 0.4) is 0 Å². The van der Waals surface area contributed by atoms with E-state index in [1.165, 1.54) is 12.1 Å². The number of carbonyl (C=O) groups excluding carboxylic acids is 2. The van der Waals surface area contributed by atoms with E-state index in [0.717, 1.165) is 24.1 Å². The van der Waals surface area contributed by atoms with E-state index in [1.807, 2.05) is 29.7 Å². The number of piperidine rings is 1. The number of hydrogen-bond acceptors (Lipinski definition) is 3. The molecule has 0 unspecified atom stereocenters. The fourth-order valence-corrected chi connectivity index (χ4v) is 4.78. The molecule has 4 rings (SSSR count). The fraction of sp³-hybridized carbons (Fsp3) is 0.500. The molecule has 2 fully saturated rings. The number of fused-ring (bicyclic) bond motifs is 1. The standard InChI is InChI=1S/C22H27FN4O2/c1-13(2)18-11-19(25-24-18)22(29)27-12-17(15-6-8-16(23)9-7-15)21-20(27)5-4-10-26(21)14(3)28/h6-9,11,13,17,20-21H,4-5,10,12H2,1-3H3,(H,24,25)/t17-,20-,21-/m1/s1. The van der Waals surface area contributed by atoms with Gasteiger partial charge in [0.1, 0.15) is 11.5 Å². The number of hydrogen-bond donors (Lipinski definition) is 1. The molecule has 0 radical (unpaired) electrons. The van der Waals surface area contributed by atoms with E-state index in [1.54, 1.807) is 19.1 Å². The Kier molecular flexibility index (Phi) is 5.15. The van der Waals surface area contributed by atoms with Gasteiger partial charge in [-0.1, -0.05) is 26.0 Å². The summed E-state index contributed by atoms with van der Waals surface area (Å²) in [5, 5.41) is 7.19. The van der Waals surface area contributed by atoms with E-state index in [0.29, 0.717) is 18.8 Å². The van der Waals surface area contributed by atoms with Crippen molar-refractivity contribution in [3.8, 4) is 0 Å². The summed E-state index contributed by atoms with van der Waals surface area (Å²) in [6.45, 7) is 6.86. The third kappa shape index (κ3) is 3.54. The molecule has 2 aromatic rings. The van der Waals surface area contributed by atoms with Crippen LogP contribution in [0.4, 0.5) is 4.39 Å². The summed E-state index contributed by atoms with van der Waals surface area (Å²) in [4.78, 5) is 29.4. The van der Waals surface area contributed by atoms with Gasteiger partial charge in [0.25, 0.3) is 5.91 Å². The summed E-state index contributed by atoms with van der Waals surface area (Å²) in [5.74, 6) is -0.176. The van der Waals surface area contributed by atoms with Crippen molar-refractivity contribution in [1.82, 2.24) is 20.0 Å². The van der Waals surface area contributed by atoms with Crippen LogP contribution in [0, 0.1) is 5.82 Å². The van der Waals surface area contributed by atoms with E-state index in [2.05, 4.69) is 10.2 Å². The van der Waals surface area contributed by atoms with Gasteiger partial charge in [-0.05, 0) is 42.5 Å². The number of benzene rings is 1. The predicted octanol–water partition coefficient (Wildman–Crippen LogP) is 3.29. The van der Waals surface area contributed by atoms with Crippen LogP contribution < -0.4 is 0 Å². The predicted molar refractivity (Wildman–Crippen MR) is 107 cm³/mol. The summed E-state index contributed by atoms with van der Waals surface area (Å²) in [5.41, 5.74) is 2.29. The molecule has 1 aromatic heterocycles. The van der Waals surface area contributed by atoms with Crippen molar-refractivity contribution in [2.75, 3.05) is 13.1 Å². The smallest absolute Gasteiger partial charge is 0.274 e. The molecule has 1 aromatic carbocycles. The topological polar surface area (TPSA) is 69.3 Å². The molecule has 2 aliphatic heterocycles. The molecule has 0 bridgehead atoms. The quantitative estimate of drug-likeness (QED) is 0.863. The zero-order chi connectivity index (χ0) is 20.7. The minimum atomic E-state index is -0.291. The van der Waals surface area contributed by atoms with Gasteiger partial charge in [-0.2, -0.15) is 5.10 Å². The first-order valence-corrected chi connectivity index (χ1v) is 10.3. The molecule has 2 amide bonds. The highest BCUT2D eigenvalue weighted by Gasteiger charge is 2.49. The number of nitrogens with zero attached hydrogens (tertiary/aromatic N) is 3. The lowest BCUT2D eigenvalue weighted by atomic mass is 9.86. The maximum Gasteiger partial charge on any atom is 0.274 e. The van der Waals surface area contributed by atoms with Gasteiger partial charge in [-0.3, -0.25) is 14.7 Å². The summed E-state index contributed by atoms with van der Waals surface area (Å²) in [6.07, 6.45) is 1.71. The summed E-state index contributed by atoms with van der Waals surface area (Å²) >= 11 is 0. The summed E-state index contributed by atoms with van der Waals surface area (Å²) < 4.78 is 13.5. The number of aromatic nitrogens is 2. The number of rotatable bonds is 3. The first kappa shape index (κ1) is 19.6. The Bertz CT molecular complexity index is 908. The Morgan fingerprint density at radius 3 is 2.55 bits per heavy atom. The van der Waals surface area contributed by atoms with Gasteiger partial charge in [0.2, 0.25) is 5.91 Å². The molecule has 6 nitrogen and oxygen atoms in total. The highest BCUT2D eigenvalue weighted by atomic mass is 19.1. The lowest BCUT2D eigenvalue weighted by Crippen LogP contribution is -2.53. The van der Waals surface area contributed by atoms with Crippen molar-refractivity contribution in [2.45, 2.75) is 57.5 Å². The number of aromatic amines is 1. The Labute approximate surface area is 170 Å². The minimum absolute atomic E-state index is 0.0166. The van der Waals surface area contributed by atoms with Gasteiger partial charge in [0.05, 0.1) is 12.1 Å². The number of halogens is 1. The van der Waals surface area contributed by atoms with E-state index in [9.17, 15) is 14.0 Å². The van der Waals surface area contributed by atoms with Crippen molar-refractivity contribution in [1.29, 1.82) is 0 Å². The summed E-state index contributed by atoms with van der Waals surface area (Å²) in [6, 6.07) is 8.08. The van der Waals surface area contributed by atoms with Gasteiger partial charge in [0, 0.05) is 31.6 Å². The normalized spacial score (nSPS) is 24.1. The Morgan fingerprint density at radius 1 is 1.21 bits per heavy atom. The second-order valence-corrected chi connectivity index (χ2v) is 8.39. The average molecular weight is 398 g/mol. The van der Waals surface area contributed by atoms with Crippen LogP contribution in [0.15, 0.2) is 30.3 Å². The molecule has 154 valence electrons. The van der Waals surface area contributed by atoms with Gasteiger partial charge in [-0.15, -0.1) is 0 Å². The SMILES string of the molecule is CC(=O)N1CCC[C@@H]2[C@H]1[C@@H](c1ccc(F)cc1)CN2C(=O)c1cc(C(C)C)[nH]n1. The van der Waals surface area contributed by atoms with Crippen molar-refractivity contribution >= 4 is 11.8 Å². The van der Waals surface area contributed by atoms with Crippen LogP contribution in [0.25, 0.3) is 0 Å². The van der Waals surface area contributed by atoms with E-state index in [-0.39, 0.29) is 41.6 Å². The molecule has 0 spiro atoms. The maximum atomic E-state index is 13.5. The van der Waals surface area contributed by atoms with Gasteiger partial charge in [-0.25, -0.2) is 4.39 Å². The Balaban J connectivity index is 1.68. The second-order valence-electron chi connectivity index (χ2n) is 8.39. The van der Waals surface area contributed by atoms with E-state index in [4.69, 9.17) is 0 Å². The van der Waals surface area contributed by atoms with Crippen LogP contribution in [-0.4, -0.2) is 57.0 Å². The van der Waals surface area contributed by atoms with Crippen LogP contribution in [-0.2, 0) is 4.79 Å². The maximum absolute atomic E-state index is 13.5. The van der Waals surface area contributed by atoms with Crippen LogP contribution >= 0.6 is 0 Å². The third-order valence-corrected chi connectivity index (χ3v) is 6.26. The van der Waals surface area contributed by atoms with Gasteiger partial charge < -0.3 is 9.80 Å². The third-order valence-electron chi connectivity index (χ3n) is 6.26. The molecule has 29 heavy (non-hydrogen) atoms. The molecule has 3 heterocycles. The van der Waals surface area contributed by atoms with Crippen molar-refractivity contribution in [2.24, 2.45) is 0 Å². The summed E-state index contributed by atoms with van der Waals surface area (Å²) in [7, 11) is 0. The monoisotopic (exact) mass is 398 g/mol. The molecule has 0 saturated carbocycles. The minimum Gasteiger partial charge on any atom is -0.337 e. The Morgan fingerprint density at radius 2 is 1.93 bits per heavy atom. The van der Waals surface area contributed by atoms with E-state index < -0.39 is 0 Å². The van der Waals surface area contributed by atoms with E-state index >= 15 is 0 Å². The lowest BCUT2D eigenvalue weighted by molar-refractivity contribution is -0.133. The number of likely N-dealkylation sites (tertiary alicyclic amines) is 2. The molecular formula is C22H27FN4O2. The number of nitrogens with one attached hydrogen (secondary N) is 1. The average Bonchev–Trinajstić information content (AvgIpc) is 3.33.